The van der Waals surface area contributed by atoms with Crippen molar-refractivity contribution in [3.63, 3.8) is 0 Å². The number of hydrogen-bond acceptors (Lipinski definition) is 2. The highest BCUT2D eigenvalue weighted by molar-refractivity contribution is 9.10. The smallest absolute Gasteiger partial charge is 0.120 e. The summed E-state index contributed by atoms with van der Waals surface area (Å²) in [5, 5.41) is 4.14. The maximum atomic E-state index is 6.12. The summed E-state index contributed by atoms with van der Waals surface area (Å²) in [5.41, 5.74) is 1.07. The Morgan fingerprint density at radius 3 is 2.94 bits per heavy atom. The van der Waals surface area contributed by atoms with Crippen molar-refractivity contribution in [2.45, 2.75) is 19.5 Å². The summed E-state index contributed by atoms with van der Waals surface area (Å²) in [7, 11) is 0. The van der Waals surface area contributed by atoms with Crippen molar-refractivity contribution in [2.75, 3.05) is 0 Å². The zero-order valence-corrected chi connectivity index (χ0v) is 11.8. The maximum absolute atomic E-state index is 6.12. The van der Waals surface area contributed by atoms with Gasteiger partial charge in [-0.05, 0) is 42.8 Å². The summed E-state index contributed by atoms with van der Waals surface area (Å²) in [4.78, 5) is 0. The summed E-state index contributed by atoms with van der Waals surface area (Å²) in [6.45, 7) is 2.77. The molecule has 1 N–H and O–H groups in total. The molecule has 0 aliphatic carbocycles. The van der Waals surface area contributed by atoms with E-state index in [0.29, 0.717) is 6.54 Å². The second-order valence-corrected chi connectivity index (χ2v) is 5.18. The molecule has 1 aromatic heterocycles. The van der Waals surface area contributed by atoms with Gasteiger partial charge in [0.15, 0.2) is 0 Å². The lowest BCUT2D eigenvalue weighted by atomic mass is 10.2. The summed E-state index contributed by atoms with van der Waals surface area (Å²) in [5.74, 6) is 0.927. The van der Waals surface area contributed by atoms with Crippen molar-refractivity contribution >= 4 is 27.5 Å². The van der Waals surface area contributed by atoms with Gasteiger partial charge in [0.25, 0.3) is 0 Å². The van der Waals surface area contributed by atoms with E-state index in [1.165, 1.54) is 0 Å². The van der Waals surface area contributed by atoms with Crippen LogP contribution in [0.5, 0.6) is 0 Å². The molecule has 1 heterocycles. The first-order chi connectivity index (χ1) is 8.16. The van der Waals surface area contributed by atoms with E-state index < -0.39 is 0 Å². The number of benzene rings is 1. The van der Waals surface area contributed by atoms with Crippen molar-refractivity contribution < 1.29 is 4.42 Å². The minimum absolute atomic E-state index is 0.167. The molecule has 2 rings (SSSR count). The van der Waals surface area contributed by atoms with Gasteiger partial charge >= 0.3 is 0 Å². The Morgan fingerprint density at radius 1 is 1.41 bits per heavy atom. The van der Waals surface area contributed by atoms with E-state index in [2.05, 4.69) is 28.2 Å². The van der Waals surface area contributed by atoms with Crippen LogP contribution >= 0.6 is 27.5 Å². The Kier molecular flexibility index (Phi) is 4.26. The van der Waals surface area contributed by atoms with Gasteiger partial charge in [-0.2, -0.15) is 0 Å². The number of furan rings is 1. The molecule has 0 bridgehead atoms. The summed E-state index contributed by atoms with van der Waals surface area (Å²) in [6, 6.07) is 9.85. The Labute approximate surface area is 114 Å². The molecule has 0 saturated carbocycles. The number of rotatable bonds is 4. The molecule has 17 heavy (non-hydrogen) atoms. The number of halogens is 2. The van der Waals surface area contributed by atoms with Crippen molar-refractivity contribution in [1.29, 1.82) is 0 Å². The lowest BCUT2D eigenvalue weighted by Gasteiger charge is -2.12. The van der Waals surface area contributed by atoms with E-state index in [0.717, 1.165) is 20.8 Å². The van der Waals surface area contributed by atoms with Gasteiger partial charge in [0, 0.05) is 16.0 Å². The molecule has 0 aliphatic rings. The largest absolute Gasteiger partial charge is 0.468 e. The summed E-state index contributed by atoms with van der Waals surface area (Å²) >= 11 is 9.56. The first-order valence-corrected chi connectivity index (χ1v) is 6.54. The van der Waals surface area contributed by atoms with Crippen molar-refractivity contribution in [3.05, 3.63) is 57.4 Å². The fraction of sp³-hybridized carbons (Fsp3) is 0.231. The molecular formula is C13H13BrClNO. The van der Waals surface area contributed by atoms with Gasteiger partial charge in [-0.1, -0.05) is 27.5 Å². The van der Waals surface area contributed by atoms with Crippen LogP contribution in [0.15, 0.2) is 45.5 Å². The minimum Gasteiger partial charge on any atom is -0.468 e. The Balaban J connectivity index is 2.00. The summed E-state index contributed by atoms with van der Waals surface area (Å²) in [6.07, 6.45) is 1.68. The standard InChI is InChI=1S/C13H13BrClNO/c1-9(13-3-2-6-17-13)16-8-10-7-11(14)4-5-12(10)15/h2-7,9,16H,8H2,1H3. The molecule has 0 radical (unpaired) electrons. The third-order valence-electron chi connectivity index (χ3n) is 2.58. The number of hydrogen-bond donors (Lipinski definition) is 1. The van der Waals surface area contributed by atoms with E-state index in [-0.39, 0.29) is 6.04 Å². The second-order valence-electron chi connectivity index (χ2n) is 3.85. The first-order valence-electron chi connectivity index (χ1n) is 5.37. The third-order valence-corrected chi connectivity index (χ3v) is 3.44. The van der Waals surface area contributed by atoms with Crippen molar-refractivity contribution in [1.82, 2.24) is 5.32 Å². The van der Waals surface area contributed by atoms with Gasteiger partial charge in [0.1, 0.15) is 5.76 Å². The maximum Gasteiger partial charge on any atom is 0.120 e. The predicted molar refractivity (Wildman–Crippen MR) is 73.1 cm³/mol. The van der Waals surface area contributed by atoms with Crippen molar-refractivity contribution in [2.24, 2.45) is 0 Å². The van der Waals surface area contributed by atoms with Gasteiger partial charge in [-0.15, -0.1) is 0 Å². The van der Waals surface area contributed by atoms with Crippen LogP contribution in [0.4, 0.5) is 0 Å². The molecule has 1 atom stereocenters. The molecule has 0 aliphatic heterocycles. The van der Waals surface area contributed by atoms with E-state index in [9.17, 15) is 0 Å². The molecule has 90 valence electrons. The number of nitrogens with one attached hydrogen (secondary N) is 1. The third kappa shape index (κ3) is 3.35. The quantitative estimate of drug-likeness (QED) is 0.896. The predicted octanol–water partition coefficient (Wildman–Crippen LogP) is 4.55. The Morgan fingerprint density at radius 2 is 2.24 bits per heavy atom. The zero-order chi connectivity index (χ0) is 12.3. The topological polar surface area (TPSA) is 25.2 Å². The average molecular weight is 315 g/mol. The highest BCUT2D eigenvalue weighted by atomic mass is 79.9. The lowest BCUT2D eigenvalue weighted by molar-refractivity contribution is 0.430. The lowest BCUT2D eigenvalue weighted by Crippen LogP contribution is -2.17. The fourth-order valence-electron chi connectivity index (χ4n) is 1.58. The molecule has 1 unspecified atom stereocenters. The van der Waals surface area contributed by atoms with Crippen LogP contribution in [0.2, 0.25) is 5.02 Å². The molecule has 2 aromatic rings. The first kappa shape index (κ1) is 12.7. The van der Waals surface area contributed by atoms with Crippen LogP contribution in [0.1, 0.15) is 24.3 Å². The van der Waals surface area contributed by atoms with Crippen LogP contribution < -0.4 is 5.32 Å². The van der Waals surface area contributed by atoms with E-state index in [1.807, 2.05) is 30.3 Å². The average Bonchev–Trinajstić information content (AvgIpc) is 2.83. The molecule has 4 heteroatoms. The molecule has 0 spiro atoms. The molecule has 0 saturated heterocycles. The highest BCUT2D eigenvalue weighted by Crippen LogP contribution is 2.22. The monoisotopic (exact) mass is 313 g/mol. The molecule has 0 amide bonds. The Bertz CT molecular complexity index is 484. The molecule has 2 nitrogen and oxygen atoms in total. The van der Waals surface area contributed by atoms with Crippen LogP contribution in [0, 0.1) is 0 Å². The van der Waals surface area contributed by atoms with E-state index >= 15 is 0 Å². The van der Waals surface area contributed by atoms with Crippen LogP contribution in [0.3, 0.4) is 0 Å². The summed E-state index contributed by atoms with van der Waals surface area (Å²) < 4.78 is 6.36. The van der Waals surface area contributed by atoms with E-state index in [4.69, 9.17) is 16.0 Å². The van der Waals surface area contributed by atoms with E-state index in [1.54, 1.807) is 6.26 Å². The minimum atomic E-state index is 0.167. The van der Waals surface area contributed by atoms with Crippen molar-refractivity contribution in [3.8, 4) is 0 Å². The van der Waals surface area contributed by atoms with Crippen LogP contribution in [-0.2, 0) is 6.54 Å². The van der Waals surface area contributed by atoms with Gasteiger partial charge < -0.3 is 9.73 Å². The highest BCUT2D eigenvalue weighted by Gasteiger charge is 2.08. The SMILES string of the molecule is CC(NCc1cc(Br)ccc1Cl)c1ccco1. The van der Waals surface area contributed by atoms with Gasteiger partial charge in [0.05, 0.1) is 12.3 Å². The normalized spacial score (nSPS) is 12.6. The fourth-order valence-corrected chi connectivity index (χ4v) is 2.17. The Hall–Kier alpha value is -0.770. The molecule has 0 fully saturated rings. The molecule has 1 aromatic carbocycles. The van der Waals surface area contributed by atoms with Crippen LogP contribution in [0.25, 0.3) is 0 Å². The zero-order valence-electron chi connectivity index (χ0n) is 9.41. The van der Waals surface area contributed by atoms with Gasteiger partial charge in [-0.25, -0.2) is 0 Å². The second kappa shape index (κ2) is 5.71. The van der Waals surface area contributed by atoms with Gasteiger partial charge in [-0.3, -0.25) is 0 Å². The van der Waals surface area contributed by atoms with Crippen LogP contribution in [-0.4, -0.2) is 0 Å². The molecular weight excluding hydrogens is 302 g/mol. The van der Waals surface area contributed by atoms with Gasteiger partial charge in [0.2, 0.25) is 0 Å².